The van der Waals surface area contributed by atoms with Crippen molar-refractivity contribution in [2.24, 2.45) is 0 Å². The third-order valence-electron chi connectivity index (χ3n) is 2.04. The van der Waals surface area contributed by atoms with E-state index in [0.717, 1.165) is 22.7 Å². The fourth-order valence-electron chi connectivity index (χ4n) is 1.42. The molecule has 0 aromatic carbocycles. The minimum Gasteiger partial charge on any atom is -0.485 e. The Labute approximate surface area is 73.8 Å². The van der Waals surface area contributed by atoms with Crippen LogP contribution in [0.25, 0.3) is 11.3 Å². The van der Waals surface area contributed by atoms with Crippen LogP contribution in [0, 0.1) is 0 Å². The van der Waals surface area contributed by atoms with Crippen molar-refractivity contribution in [1.82, 2.24) is 20.2 Å². The molecule has 0 spiro atoms. The number of imidazole rings is 1. The normalized spacial score (nSPS) is 12.9. The van der Waals surface area contributed by atoms with Crippen LogP contribution in [-0.2, 0) is 6.61 Å². The number of H-pyrrole nitrogens is 1. The van der Waals surface area contributed by atoms with E-state index >= 15 is 0 Å². The maximum atomic E-state index is 5.43. The van der Waals surface area contributed by atoms with Crippen molar-refractivity contribution >= 4 is 0 Å². The average Bonchev–Trinajstić information content (AvgIpc) is 2.65. The van der Waals surface area contributed by atoms with Gasteiger partial charge in [-0.15, -0.1) is 0 Å². The monoisotopic (exact) mass is 174 g/mol. The first-order chi connectivity index (χ1) is 6.45. The first-order valence-corrected chi connectivity index (χ1v) is 3.91. The van der Waals surface area contributed by atoms with Gasteiger partial charge in [-0.1, -0.05) is 0 Å². The van der Waals surface area contributed by atoms with Crippen molar-refractivity contribution in [3.8, 4) is 17.0 Å². The Kier molecular flexibility index (Phi) is 1.16. The summed E-state index contributed by atoms with van der Waals surface area (Å²) in [5, 5.41) is 7.53. The molecular formula is C8H6N4O. The Hall–Kier alpha value is -1.91. The summed E-state index contributed by atoms with van der Waals surface area (Å²) in [5.74, 6) is 0.745. The lowest BCUT2D eigenvalue weighted by molar-refractivity contribution is 0.296. The molecule has 0 aliphatic carbocycles. The van der Waals surface area contributed by atoms with Gasteiger partial charge in [-0.2, -0.15) is 10.2 Å². The van der Waals surface area contributed by atoms with E-state index in [1.807, 2.05) is 0 Å². The van der Waals surface area contributed by atoms with E-state index in [1.54, 1.807) is 18.7 Å². The quantitative estimate of drug-likeness (QED) is 0.640. The smallest absolute Gasteiger partial charge is 0.151 e. The molecule has 0 amide bonds. The molecule has 13 heavy (non-hydrogen) atoms. The van der Waals surface area contributed by atoms with Gasteiger partial charge in [0.05, 0.1) is 30.0 Å². The Morgan fingerprint density at radius 3 is 3.23 bits per heavy atom. The zero-order chi connectivity index (χ0) is 8.67. The standard InChI is InChI=1S/C8H6N4O/c1-5-7(2-12-11-1)13-3-6-8(5)10-4-9-6/h1-2,4H,3H2,(H,9,10). The zero-order valence-electron chi connectivity index (χ0n) is 6.69. The van der Waals surface area contributed by atoms with Crippen molar-refractivity contribution in [2.75, 3.05) is 0 Å². The summed E-state index contributed by atoms with van der Waals surface area (Å²) in [7, 11) is 0. The van der Waals surface area contributed by atoms with Gasteiger partial charge in [-0.05, 0) is 0 Å². The molecule has 0 unspecified atom stereocenters. The van der Waals surface area contributed by atoms with Gasteiger partial charge in [0, 0.05) is 0 Å². The number of ether oxygens (including phenoxy) is 1. The minimum absolute atomic E-state index is 0.522. The number of aromatic amines is 1. The summed E-state index contributed by atoms with van der Waals surface area (Å²) < 4.78 is 5.43. The number of fused-ring (bicyclic) bond motifs is 3. The predicted octanol–water partition coefficient (Wildman–Crippen LogP) is 0.759. The number of nitrogens with one attached hydrogen (secondary N) is 1. The van der Waals surface area contributed by atoms with E-state index < -0.39 is 0 Å². The predicted molar refractivity (Wildman–Crippen MR) is 43.9 cm³/mol. The molecule has 1 N–H and O–H groups in total. The third kappa shape index (κ3) is 0.837. The van der Waals surface area contributed by atoms with Crippen LogP contribution in [0.5, 0.6) is 5.75 Å². The van der Waals surface area contributed by atoms with Gasteiger partial charge in [0.15, 0.2) is 5.75 Å². The van der Waals surface area contributed by atoms with Gasteiger partial charge in [-0.25, -0.2) is 4.98 Å². The highest BCUT2D eigenvalue weighted by atomic mass is 16.5. The molecule has 0 bridgehead atoms. The maximum absolute atomic E-state index is 5.43. The van der Waals surface area contributed by atoms with Crippen LogP contribution in [0.15, 0.2) is 18.7 Å². The van der Waals surface area contributed by atoms with Crippen LogP contribution in [0.2, 0.25) is 0 Å². The second-order valence-electron chi connectivity index (χ2n) is 2.79. The van der Waals surface area contributed by atoms with E-state index in [-0.39, 0.29) is 0 Å². The SMILES string of the molecule is c1nc2c([nH]1)COc1cnncc1-2. The lowest BCUT2D eigenvalue weighted by Crippen LogP contribution is -2.05. The van der Waals surface area contributed by atoms with E-state index in [9.17, 15) is 0 Å². The Morgan fingerprint density at radius 1 is 1.31 bits per heavy atom. The fraction of sp³-hybridized carbons (Fsp3) is 0.125. The van der Waals surface area contributed by atoms with Crippen molar-refractivity contribution in [3.05, 3.63) is 24.4 Å². The van der Waals surface area contributed by atoms with E-state index in [4.69, 9.17) is 4.74 Å². The van der Waals surface area contributed by atoms with Gasteiger partial charge >= 0.3 is 0 Å². The summed E-state index contributed by atoms with van der Waals surface area (Å²) in [5.41, 5.74) is 2.80. The summed E-state index contributed by atoms with van der Waals surface area (Å²) in [4.78, 5) is 7.21. The summed E-state index contributed by atoms with van der Waals surface area (Å²) in [6.45, 7) is 0.522. The Balaban J connectivity index is 2.30. The lowest BCUT2D eigenvalue weighted by atomic mass is 10.1. The second-order valence-corrected chi connectivity index (χ2v) is 2.79. The molecule has 0 atom stereocenters. The van der Waals surface area contributed by atoms with Crippen molar-refractivity contribution < 1.29 is 4.74 Å². The van der Waals surface area contributed by atoms with E-state index in [1.165, 1.54) is 0 Å². The summed E-state index contributed by atoms with van der Waals surface area (Å²) in [6.07, 6.45) is 4.92. The minimum atomic E-state index is 0.522. The van der Waals surface area contributed by atoms with E-state index in [2.05, 4.69) is 20.2 Å². The van der Waals surface area contributed by atoms with Gasteiger partial charge in [0.2, 0.25) is 0 Å². The fourth-order valence-corrected chi connectivity index (χ4v) is 1.42. The number of aromatic nitrogens is 4. The van der Waals surface area contributed by atoms with Crippen LogP contribution >= 0.6 is 0 Å². The summed E-state index contributed by atoms with van der Waals surface area (Å²) in [6, 6.07) is 0. The molecule has 0 radical (unpaired) electrons. The number of rotatable bonds is 0. The van der Waals surface area contributed by atoms with Crippen LogP contribution in [0.4, 0.5) is 0 Å². The van der Waals surface area contributed by atoms with Crippen molar-refractivity contribution in [1.29, 1.82) is 0 Å². The first kappa shape index (κ1) is 6.59. The summed E-state index contributed by atoms with van der Waals surface area (Å²) >= 11 is 0. The molecule has 64 valence electrons. The second kappa shape index (κ2) is 2.29. The number of hydrogen-bond donors (Lipinski definition) is 1. The van der Waals surface area contributed by atoms with Crippen LogP contribution in [0.1, 0.15) is 5.69 Å². The molecule has 1 aliphatic heterocycles. The molecule has 0 saturated carbocycles. The molecule has 0 saturated heterocycles. The zero-order valence-corrected chi connectivity index (χ0v) is 6.69. The number of hydrogen-bond acceptors (Lipinski definition) is 4. The molecule has 3 rings (SSSR count). The topological polar surface area (TPSA) is 63.7 Å². The number of nitrogens with zero attached hydrogens (tertiary/aromatic N) is 3. The average molecular weight is 174 g/mol. The van der Waals surface area contributed by atoms with Gasteiger partial charge in [0.25, 0.3) is 0 Å². The lowest BCUT2D eigenvalue weighted by Gasteiger charge is -2.14. The van der Waals surface area contributed by atoms with Crippen LogP contribution in [-0.4, -0.2) is 20.2 Å². The molecule has 3 heterocycles. The maximum Gasteiger partial charge on any atom is 0.151 e. The first-order valence-electron chi connectivity index (χ1n) is 3.91. The molecular weight excluding hydrogens is 168 g/mol. The van der Waals surface area contributed by atoms with Gasteiger partial charge in [0.1, 0.15) is 12.3 Å². The molecule has 2 aromatic rings. The van der Waals surface area contributed by atoms with Gasteiger partial charge in [-0.3, -0.25) is 0 Å². The van der Waals surface area contributed by atoms with E-state index in [0.29, 0.717) is 6.61 Å². The van der Waals surface area contributed by atoms with Crippen molar-refractivity contribution in [3.63, 3.8) is 0 Å². The van der Waals surface area contributed by atoms with Gasteiger partial charge < -0.3 is 9.72 Å². The Bertz CT molecular complexity index is 451. The van der Waals surface area contributed by atoms with Crippen LogP contribution < -0.4 is 4.74 Å². The molecule has 0 fully saturated rings. The molecule has 1 aliphatic rings. The molecule has 5 nitrogen and oxygen atoms in total. The third-order valence-corrected chi connectivity index (χ3v) is 2.04. The molecule has 2 aromatic heterocycles. The molecule has 5 heteroatoms. The largest absolute Gasteiger partial charge is 0.485 e. The highest BCUT2D eigenvalue weighted by Gasteiger charge is 2.19. The highest BCUT2D eigenvalue weighted by molar-refractivity contribution is 5.68. The van der Waals surface area contributed by atoms with Crippen molar-refractivity contribution in [2.45, 2.75) is 6.61 Å². The Morgan fingerprint density at radius 2 is 2.23 bits per heavy atom. The van der Waals surface area contributed by atoms with Crippen LogP contribution in [0.3, 0.4) is 0 Å². The highest BCUT2D eigenvalue weighted by Crippen LogP contribution is 2.33.